The fourth-order valence-corrected chi connectivity index (χ4v) is 2.54. The van der Waals surface area contributed by atoms with E-state index in [1.54, 1.807) is 19.2 Å². The Morgan fingerprint density at radius 1 is 1.27 bits per heavy atom. The van der Waals surface area contributed by atoms with Crippen LogP contribution in [0, 0.1) is 0 Å². The van der Waals surface area contributed by atoms with E-state index in [-0.39, 0.29) is 24.4 Å². The maximum Gasteiger partial charge on any atom is 0.255 e. The summed E-state index contributed by atoms with van der Waals surface area (Å²) >= 11 is 0. The Labute approximate surface area is 138 Å². The summed E-state index contributed by atoms with van der Waals surface area (Å²) in [4.78, 5) is 14.3. The van der Waals surface area contributed by atoms with Crippen LogP contribution in [0.5, 0.6) is 0 Å². The number of benzene rings is 1. The highest BCUT2D eigenvalue weighted by atomic mass is 35.5. The molecule has 6 heteroatoms. The Morgan fingerprint density at radius 3 is 2.59 bits per heavy atom. The minimum absolute atomic E-state index is 0. The molecule has 0 spiro atoms. The first kappa shape index (κ1) is 18.7. The monoisotopic (exact) mass is 328 g/mol. The lowest BCUT2D eigenvalue weighted by molar-refractivity contribution is 0.00191. The molecule has 2 N–H and O–H groups in total. The van der Waals surface area contributed by atoms with E-state index in [0.717, 1.165) is 45.6 Å². The molecule has 1 heterocycles. The van der Waals surface area contributed by atoms with Gasteiger partial charge in [0.05, 0.1) is 11.7 Å². The Morgan fingerprint density at radius 2 is 1.95 bits per heavy atom. The molecule has 124 valence electrons. The summed E-state index contributed by atoms with van der Waals surface area (Å²) in [6.45, 7) is 2.90. The highest BCUT2D eigenvalue weighted by molar-refractivity contribution is 5.99. The standard InChI is InChI=1S/C16H24N2O3.ClH/c1-20-11-4-12-21-13-7-9-18(10-8-13)16(19)14-5-2-3-6-15(14)17;/h2-3,5-6,13H,4,7-12,17H2,1H3;1H. The van der Waals surface area contributed by atoms with Gasteiger partial charge in [0, 0.05) is 39.1 Å². The number of para-hydroxylation sites is 1. The van der Waals surface area contributed by atoms with Crippen molar-refractivity contribution in [3.05, 3.63) is 29.8 Å². The molecule has 0 atom stereocenters. The second-order valence-electron chi connectivity index (χ2n) is 5.30. The molecule has 0 bridgehead atoms. The number of nitrogens with two attached hydrogens (primary N) is 1. The number of carbonyl (C=O) groups excluding carboxylic acids is 1. The van der Waals surface area contributed by atoms with Crippen LogP contribution in [0.1, 0.15) is 29.6 Å². The molecule has 1 aliphatic heterocycles. The van der Waals surface area contributed by atoms with Crippen LogP contribution in [0.25, 0.3) is 0 Å². The Bertz CT molecular complexity index is 462. The first-order valence-electron chi connectivity index (χ1n) is 7.46. The third kappa shape index (κ3) is 5.16. The predicted octanol–water partition coefficient (Wildman–Crippen LogP) is 2.35. The van der Waals surface area contributed by atoms with Gasteiger partial charge in [0.25, 0.3) is 5.91 Å². The zero-order chi connectivity index (χ0) is 15.1. The number of carbonyl (C=O) groups is 1. The van der Waals surface area contributed by atoms with Gasteiger partial charge in [0.1, 0.15) is 0 Å². The molecule has 1 amide bonds. The van der Waals surface area contributed by atoms with Crippen molar-refractivity contribution in [3.8, 4) is 0 Å². The topological polar surface area (TPSA) is 64.8 Å². The lowest BCUT2D eigenvalue weighted by Gasteiger charge is -2.32. The lowest BCUT2D eigenvalue weighted by Crippen LogP contribution is -2.41. The van der Waals surface area contributed by atoms with Crippen molar-refractivity contribution < 1.29 is 14.3 Å². The van der Waals surface area contributed by atoms with E-state index >= 15 is 0 Å². The molecule has 0 saturated carbocycles. The van der Waals surface area contributed by atoms with Gasteiger partial charge in [-0.3, -0.25) is 4.79 Å². The van der Waals surface area contributed by atoms with Crippen molar-refractivity contribution in [3.63, 3.8) is 0 Å². The van der Waals surface area contributed by atoms with Crippen LogP contribution in [0.3, 0.4) is 0 Å². The summed E-state index contributed by atoms with van der Waals surface area (Å²) in [5.74, 6) is 0.0194. The van der Waals surface area contributed by atoms with Crippen molar-refractivity contribution in [2.75, 3.05) is 39.1 Å². The van der Waals surface area contributed by atoms with E-state index in [2.05, 4.69) is 0 Å². The van der Waals surface area contributed by atoms with Gasteiger partial charge in [-0.15, -0.1) is 12.4 Å². The van der Waals surface area contributed by atoms with Crippen LogP contribution in [0.2, 0.25) is 0 Å². The van der Waals surface area contributed by atoms with Crippen LogP contribution in [-0.4, -0.2) is 50.3 Å². The molecule has 22 heavy (non-hydrogen) atoms. The number of hydrogen-bond donors (Lipinski definition) is 1. The molecule has 1 aromatic rings. The number of nitrogens with zero attached hydrogens (tertiary/aromatic N) is 1. The van der Waals surface area contributed by atoms with E-state index in [4.69, 9.17) is 15.2 Å². The average Bonchev–Trinajstić information content (AvgIpc) is 2.52. The SMILES string of the molecule is COCCCOC1CCN(C(=O)c2ccccc2N)CC1.Cl. The van der Waals surface area contributed by atoms with E-state index < -0.39 is 0 Å². The number of methoxy groups -OCH3 is 1. The van der Waals surface area contributed by atoms with Crippen molar-refractivity contribution in [1.29, 1.82) is 0 Å². The van der Waals surface area contributed by atoms with Gasteiger partial charge in [-0.05, 0) is 31.4 Å². The second kappa shape index (κ2) is 9.66. The van der Waals surface area contributed by atoms with Crippen LogP contribution in [-0.2, 0) is 9.47 Å². The van der Waals surface area contributed by atoms with Gasteiger partial charge in [0.2, 0.25) is 0 Å². The highest BCUT2D eigenvalue weighted by Crippen LogP contribution is 2.19. The molecule has 0 aliphatic carbocycles. The van der Waals surface area contributed by atoms with Gasteiger partial charge in [0.15, 0.2) is 0 Å². The van der Waals surface area contributed by atoms with Crippen molar-refractivity contribution in [2.24, 2.45) is 0 Å². The number of anilines is 1. The smallest absolute Gasteiger partial charge is 0.255 e. The average molecular weight is 329 g/mol. The molecule has 1 saturated heterocycles. The summed E-state index contributed by atoms with van der Waals surface area (Å²) in [5.41, 5.74) is 7.00. The molecule has 1 fully saturated rings. The minimum Gasteiger partial charge on any atom is -0.398 e. The molecule has 0 aromatic heterocycles. The summed E-state index contributed by atoms with van der Waals surface area (Å²) in [5, 5.41) is 0. The Hall–Kier alpha value is -1.30. The van der Waals surface area contributed by atoms with E-state index in [9.17, 15) is 4.79 Å². The molecule has 0 unspecified atom stereocenters. The fourth-order valence-electron chi connectivity index (χ4n) is 2.54. The number of ether oxygens (including phenoxy) is 2. The molecule has 1 aromatic carbocycles. The number of nitrogen functional groups attached to an aromatic ring is 1. The fraction of sp³-hybridized carbons (Fsp3) is 0.562. The normalized spacial score (nSPS) is 15.4. The van der Waals surface area contributed by atoms with E-state index in [0.29, 0.717) is 11.3 Å². The Kier molecular flexibility index (Phi) is 8.24. The largest absolute Gasteiger partial charge is 0.398 e. The van der Waals surface area contributed by atoms with Crippen LogP contribution in [0.15, 0.2) is 24.3 Å². The van der Waals surface area contributed by atoms with Crippen molar-refractivity contribution in [1.82, 2.24) is 4.90 Å². The van der Waals surface area contributed by atoms with Gasteiger partial charge in [-0.1, -0.05) is 12.1 Å². The zero-order valence-electron chi connectivity index (χ0n) is 13.0. The third-order valence-electron chi connectivity index (χ3n) is 3.77. The lowest BCUT2D eigenvalue weighted by atomic mass is 10.1. The number of rotatable bonds is 6. The van der Waals surface area contributed by atoms with Crippen LogP contribution >= 0.6 is 12.4 Å². The molecule has 1 aliphatic rings. The maximum absolute atomic E-state index is 12.4. The summed E-state index contributed by atoms with van der Waals surface area (Å²) in [7, 11) is 1.69. The van der Waals surface area contributed by atoms with Gasteiger partial charge in [-0.25, -0.2) is 0 Å². The Balaban J connectivity index is 0.00000242. The molecule has 2 rings (SSSR count). The first-order valence-corrected chi connectivity index (χ1v) is 7.46. The van der Waals surface area contributed by atoms with E-state index in [1.165, 1.54) is 0 Å². The number of amides is 1. The molecule has 5 nitrogen and oxygen atoms in total. The number of hydrogen-bond acceptors (Lipinski definition) is 4. The number of piperidine rings is 1. The summed E-state index contributed by atoms with van der Waals surface area (Å²) in [6, 6.07) is 7.23. The number of likely N-dealkylation sites (tertiary alicyclic amines) is 1. The van der Waals surface area contributed by atoms with Gasteiger partial charge in [-0.2, -0.15) is 0 Å². The van der Waals surface area contributed by atoms with Crippen molar-refractivity contribution >= 4 is 24.0 Å². The van der Waals surface area contributed by atoms with Gasteiger partial charge < -0.3 is 20.1 Å². The summed E-state index contributed by atoms with van der Waals surface area (Å²) < 4.78 is 10.8. The zero-order valence-corrected chi connectivity index (χ0v) is 13.8. The second-order valence-corrected chi connectivity index (χ2v) is 5.30. The van der Waals surface area contributed by atoms with E-state index in [1.807, 2.05) is 17.0 Å². The van der Waals surface area contributed by atoms with Crippen LogP contribution in [0.4, 0.5) is 5.69 Å². The maximum atomic E-state index is 12.4. The predicted molar refractivity (Wildman–Crippen MR) is 89.5 cm³/mol. The first-order chi connectivity index (χ1) is 10.2. The quantitative estimate of drug-likeness (QED) is 0.643. The highest BCUT2D eigenvalue weighted by Gasteiger charge is 2.24. The molecule has 0 radical (unpaired) electrons. The van der Waals surface area contributed by atoms with Gasteiger partial charge >= 0.3 is 0 Å². The minimum atomic E-state index is 0. The van der Waals surface area contributed by atoms with Crippen LogP contribution < -0.4 is 5.73 Å². The summed E-state index contributed by atoms with van der Waals surface area (Å²) in [6.07, 6.45) is 2.92. The van der Waals surface area contributed by atoms with Crippen molar-refractivity contribution in [2.45, 2.75) is 25.4 Å². The number of halogens is 1. The molecular weight excluding hydrogens is 304 g/mol. The molecular formula is C16H25ClN2O3. The third-order valence-corrected chi connectivity index (χ3v) is 3.77.